The maximum Gasteiger partial charge on any atom is 0.338 e. The predicted molar refractivity (Wildman–Crippen MR) is 113 cm³/mol. The van der Waals surface area contributed by atoms with Crippen molar-refractivity contribution in [2.75, 3.05) is 6.61 Å². The van der Waals surface area contributed by atoms with E-state index in [9.17, 15) is 9.59 Å². The summed E-state index contributed by atoms with van der Waals surface area (Å²) in [5.41, 5.74) is 3.46. The summed E-state index contributed by atoms with van der Waals surface area (Å²) in [5.74, 6) is -0.267. The Morgan fingerprint density at radius 1 is 0.862 bits per heavy atom. The van der Waals surface area contributed by atoms with Crippen LogP contribution >= 0.6 is 11.6 Å². The Labute approximate surface area is 175 Å². The number of esters is 2. The molecule has 0 amide bonds. The van der Waals surface area contributed by atoms with Gasteiger partial charge in [-0.15, -0.1) is 11.6 Å². The van der Waals surface area contributed by atoms with Crippen molar-refractivity contribution >= 4 is 23.5 Å². The second-order valence-corrected chi connectivity index (χ2v) is 7.20. The largest absolute Gasteiger partial charge is 0.461 e. The molecule has 0 bridgehead atoms. The van der Waals surface area contributed by atoms with Crippen LogP contribution in [0.5, 0.6) is 5.75 Å². The van der Waals surface area contributed by atoms with E-state index in [-0.39, 0.29) is 18.0 Å². The molecule has 0 aliphatic rings. The number of hydrogen-bond acceptors (Lipinski definition) is 4. The number of alkyl halides is 1. The van der Waals surface area contributed by atoms with Gasteiger partial charge in [-0.3, -0.25) is 4.79 Å². The molecule has 0 saturated heterocycles. The number of hydrogen-bond donors (Lipinski definition) is 0. The van der Waals surface area contributed by atoms with Gasteiger partial charge in [0.1, 0.15) is 12.4 Å². The van der Waals surface area contributed by atoms with Gasteiger partial charge in [-0.1, -0.05) is 54.6 Å². The summed E-state index contributed by atoms with van der Waals surface area (Å²) in [6.45, 7) is 1.51. The fraction of sp³-hybridized carbons (Fsp3) is 0.167. The Bertz CT molecular complexity index is 950. The normalized spacial score (nSPS) is 11.5. The zero-order valence-electron chi connectivity index (χ0n) is 16.0. The molecule has 4 nitrogen and oxygen atoms in total. The Balaban J connectivity index is 1.55. The van der Waals surface area contributed by atoms with Crippen molar-refractivity contribution in [3.8, 4) is 16.9 Å². The van der Waals surface area contributed by atoms with Gasteiger partial charge < -0.3 is 9.47 Å². The van der Waals surface area contributed by atoms with Crippen molar-refractivity contribution in [3.63, 3.8) is 0 Å². The zero-order chi connectivity index (χ0) is 20.6. The zero-order valence-corrected chi connectivity index (χ0v) is 16.8. The van der Waals surface area contributed by atoms with Crippen LogP contribution in [0.15, 0.2) is 78.9 Å². The van der Waals surface area contributed by atoms with Crippen LogP contribution < -0.4 is 4.74 Å². The molecule has 0 aliphatic heterocycles. The summed E-state index contributed by atoms with van der Waals surface area (Å²) in [5, 5.41) is -0.281. The fourth-order valence-corrected chi connectivity index (χ4v) is 3.10. The van der Waals surface area contributed by atoms with Crippen molar-refractivity contribution < 1.29 is 19.1 Å². The number of rotatable bonds is 7. The van der Waals surface area contributed by atoms with Crippen molar-refractivity contribution in [2.45, 2.75) is 18.7 Å². The van der Waals surface area contributed by atoms with Crippen LogP contribution in [0.1, 0.15) is 22.8 Å². The lowest BCUT2D eigenvalue weighted by Gasteiger charge is -2.11. The van der Waals surface area contributed by atoms with Gasteiger partial charge in [0.05, 0.1) is 10.9 Å². The van der Waals surface area contributed by atoms with E-state index in [2.05, 4.69) is 0 Å². The van der Waals surface area contributed by atoms with E-state index in [0.29, 0.717) is 17.7 Å². The van der Waals surface area contributed by atoms with E-state index >= 15 is 0 Å². The summed E-state index contributed by atoms with van der Waals surface area (Å²) in [6.07, 6.45) is 0.637. The Kier molecular flexibility index (Phi) is 7.04. The molecule has 0 heterocycles. The van der Waals surface area contributed by atoms with Crippen LogP contribution in [0.4, 0.5) is 0 Å². The highest BCUT2D eigenvalue weighted by Crippen LogP contribution is 2.23. The van der Waals surface area contributed by atoms with Crippen LogP contribution in [0, 0.1) is 0 Å². The molecule has 3 rings (SSSR count). The van der Waals surface area contributed by atoms with Crippen LogP contribution in [-0.4, -0.2) is 23.9 Å². The highest BCUT2D eigenvalue weighted by molar-refractivity contribution is 6.20. The molecule has 0 fully saturated rings. The van der Waals surface area contributed by atoms with Crippen molar-refractivity contribution in [1.29, 1.82) is 0 Å². The molecule has 0 spiro atoms. The summed E-state index contributed by atoms with van der Waals surface area (Å²) in [7, 11) is 0. The summed E-state index contributed by atoms with van der Waals surface area (Å²) >= 11 is 6.29. The molecule has 29 heavy (non-hydrogen) atoms. The third kappa shape index (κ3) is 6.19. The van der Waals surface area contributed by atoms with Gasteiger partial charge in [0, 0.05) is 6.92 Å². The molecule has 0 aliphatic carbocycles. The lowest BCUT2D eigenvalue weighted by Crippen LogP contribution is -2.16. The second-order valence-electron chi connectivity index (χ2n) is 6.58. The Morgan fingerprint density at radius 2 is 1.45 bits per heavy atom. The van der Waals surface area contributed by atoms with Gasteiger partial charge in [0.2, 0.25) is 0 Å². The van der Waals surface area contributed by atoms with E-state index in [1.54, 1.807) is 24.3 Å². The van der Waals surface area contributed by atoms with Crippen molar-refractivity contribution in [2.24, 2.45) is 0 Å². The van der Waals surface area contributed by atoms with Gasteiger partial charge in [-0.2, -0.15) is 0 Å². The van der Waals surface area contributed by atoms with Crippen molar-refractivity contribution in [1.82, 2.24) is 0 Å². The first-order chi connectivity index (χ1) is 14.0. The monoisotopic (exact) mass is 408 g/mol. The molecule has 5 heteroatoms. The molecular formula is C24H21ClO4. The molecule has 3 aromatic rings. The molecule has 148 valence electrons. The smallest absolute Gasteiger partial charge is 0.338 e. The number of carbonyl (C=O) groups is 2. The number of carbonyl (C=O) groups excluding carboxylic acids is 2. The van der Waals surface area contributed by atoms with E-state index in [1.807, 2.05) is 54.6 Å². The van der Waals surface area contributed by atoms with E-state index in [4.69, 9.17) is 21.1 Å². The van der Waals surface area contributed by atoms with Crippen LogP contribution in [0.25, 0.3) is 11.1 Å². The SMILES string of the molecule is CC(=O)Oc1ccc(-c2ccc(C(=O)OCC(Cl)Cc3ccccc3)cc2)cc1. The van der Waals surface area contributed by atoms with Gasteiger partial charge >= 0.3 is 11.9 Å². The maximum absolute atomic E-state index is 12.3. The standard InChI is InChI=1S/C24H21ClO4/c1-17(26)29-23-13-11-20(12-14-23)19-7-9-21(10-8-19)24(27)28-16-22(25)15-18-5-3-2-4-6-18/h2-14,22H,15-16H2,1H3. The molecule has 1 unspecified atom stereocenters. The van der Waals surface area contributed by atoms with E-state index in [0.717, 1.165) is 16.7 Å². The molecule has 0 aromatic heterocycles. The van der Waals surface area contributed by atoms with Crippen LogP contribution in [0.3, 0.4) is 0 Å². The number of ether oxygens (including phenoxy) is 2. The van der Waals surface area contributed by atoms with Gasteiger partial charge in [0.25, 0.3) is 0 Å². The number of benzene rings is 3. The molecular weight excluding hydrogens is 388 g/mol. The molecule has 3 aromatic carbocycles. The highest BCUT2D eigenvalue weighted by Gasteiger charge is 2.12. The van der Waals surface area contributed by atoms with Gasteiger partial charge in [-0.25, -0.2) is 4.79 Å². The lowest BCUT2D eigenvalue weighted by atomic mass is 10.0. The van der Waals surface area contributed by atoms with Crippen LogP contribution in [0.2, 0.25) is 0 Å². The molecule has 0 radical (unpaired) electrons. The lowest BCUT2D eigenvalue weighted by molar-refractivity contribution is -0.131. The highest BCUT2D eigenvalue weighted by atomic mass is 35.5. The van der Waals surface area contributed by atoms with E-state index < -0.39 is 5.97 Å². The minimum Gasteiger partial charge on any atom is -0.461 e. The maximum atomic E-state index is 12.3. The Hall–Kier alpha value is -3.11. The average molecular weight is 409 g/mol. The minimum atomic E-state index is -0.402. The first kappa shape index (κ1) is 20.6. The quantitative estimate of drug-likeness (QED) is 0.303. The second kappa shape index (κ2) is 9.89. The molecule has 0 N–H and O–H groups in total. The topological polar surface area (TPSA) is 52.6 Å². The molecule has 0 saturated carbocycles. The third-order valence-electron chi connectivity index (χ3n) is 4.27. The minimum absolute atomic E-state index is 0.147. The first-order valence-corrected chi connectivity index (χ1v) is 9.69. The van der Waals surface area contributed by atoms with E-state index in [1.165, 1.54) is 6.92 Å². The third-order valence-corrected chi connectivity index (χ3v) is 4.55. The fourth-order valence-electron chi connectivity index (χ4n) is 2.86. The first-order valence-electron chi connectivity index (χ1n) is 9.25. The Morgan fingerprint density at radius 3 is 2.03 bits per heavy atom. The van der Waals surface area contributed by atoms with Crippen LogP contribution in [-0.2, 0) is 16.0 Å². The summed E-state index contributed by atoms with van der Waals surface area (Å²) < 4.78 is 10.4. The van der Waals surface area contributed by atoms with Crippen molar-refractivity contribution in [3.05, 3.63) is 90.0 Å². The average Bonchev–Trinajstić information content (AvgIpc) is 2.73. The van der Waals surface area contributed by atoms with Gasteiger partial charge in [-0.05, 0) is 47.4 Å². The molecule has 1 atom stereocenters. The summed E-state index contributed by atoms with van der Waals surface area (Å²) in [6, 6.07) is 24.1. The van der Waals surface area contributed by atoms with Gasteiger partial charge in [0.15, 0.2) is 0 Å². The number of halogens is 1. The summed E-state index contributed by atoms with van der Waals surface area (Å²) in [4.78, 5) is 23.2. The predicted octanol–water partition coefficient (Wildman–Crippen LogP) is 5.29.